The molecular weight excluding hydrogens is 242 g/mol. The summed E-state index contributed by atoms with van der Waals surface area (Å²) >= 11 is 1.93. The summed E-state index contributed by atoms with van der Waals surface area (Å²) in [5, 5.41) is 4.16. The molecule has 2 nitrogen and oxygen atoms in total. The van der Waals surface area contributed by atoms with E-state index in [9.17, 15) is 0 Å². The van der Waals surface area contributed by atoms with Crippen molar-refractivity contribution in [3.05, 3.63) is 47.9 Å². The van der Waals surface area contributed by atoms with Gasteiger partial charge in [0.25, 0.3) is 0 Å². The maximum Gasteiger partial charge on any atom is 0.114 e. The summed E-state index contributed by atoms with van der Waals surface area (Å²) in [5.74, 6) is 1.03. The summed E-state index contributed by atoms with van der Waals surface area (Å²) in [4.78, 5) is 1.27. The van der Waals surface area contributed by atoms with E-state index in [0.29, 0.717) is 5.25 Å². The topological polar surface area (TPSA) is 25.2 Å². The standard InChI is InChI=1S/C15H17NOS/c1-11-15(8-9-17-11)18-13-7-6-12-4-2-3-5-14(12)16-10-13/h2-5,8-9,13,16H,6-7,10H2,1H3. The molecule has 94 valence electrons. The van der Waals surface area contributed by atoms with Gasteiger partial charge >= 0.3 is 0 Å². The minimum absolute atomic E-state index is 0.605. The van der Waals surface area contributed by atoms with Crippen molar-refractivity contribution in [2.45, 2.75) is 29.9 Å². The van der Waals surface area contributed by atoms with Crippen LogP contribution in [-0.2, 0) is 6.42 Å². The van der Waals surface area contributed by atoms with Crippen molar-refractivity contribution in [2.75, 3.05) is 11.9 Å². The average Bonchev–Trinajstić information content (AvgIpc) is 2.68. The first-order chi connectivity index (χ1) is 8.83. The summed E-state index contributed by atoms with van der Waals surface area (Å²) in [6.45, 7) is 3.05. The first-order valence-electron chi connectivity index (χ1n) is 6.35. The van der Waals surface area contributed by atoms with Gasteiger partial charge in [0.15, 0.2) is 0 Å². The molecule has 1 N–H and O–H groups in total. The number of para-hydroxylation sites is 1. The number of rotatable bonds is 2. The van der Waals surface area contributed by atoms with Crippen LogP contribution in [0, 0.1) is 6.92 Å². The van der Waals surface area contributed by atoms with Gasteiger partial charge in [-0.15, -0.1) is 11.8 Å². The maximum absolute atomic E-state index is 5.36. The fourth-order valence-electron chi connectivity index (χ4n) is 2.33. The molecule has 0 amide bonds. The molecule has 3 heteroatoms. The molecule has 2 aromatic rings. The number of anilines is 1. The van der Waals surface area contributed by atoms with Crippen LogP contribution in [-0.4, -0.2) is 11.8 Å². The van der Waals surface area contributed by atoms with Gasteiger partial charge in [0, 0.05) is 22.4 Å². The van der Waals surface area contributed by atoms with E-state index in [2.05, 4.69) is 35.6 Å². The highest BCUT2D eigenvalue weighted by Gasteiger charge is 2.17. The first-order valence-corrected chi connectivity index (χ1v) is 7.23. The zero-order valence-corrected chi connectivity index (χ0v) is 11.3. The Hall–Kier alpha value is -1.35. The third-order valence-corrected chi connectivity index (χ3v) is 4.79. The Morgan fingerprint density at radius 2 is 2.17 bits per heavy atom. The Bertz CT molecular complexity index is 508. The van der Waals surface area contributed by atoms with Crippen LogP contribution < -0.4 is 5.32 Å². The van der Waals surface area contributed by atoms with Crippen molar-refractivity contribution < 1.29 is 4.42 Å². The van der Waals surface area contributed by atoms with Crippen molar-refractivity contribution in [3.63, 3.8) is 0 Å². The molecule has 2 heterocycles. The third kappa shape index (κ3) is 2.41. The summed E-state index contributed by atoms with van der Waals surface area (Å²) in [6, 6.07) is 10.7. The molecule has 1 aromatic heterocycles. The van der Waals surface area contributed by atoms with Crippen LogP contribution in [0.5, 0.6) is 0 Å². The molecule has 0 spiro atoms. The smallest absolute Gasteiger partial charge is 0.114 e. The largest absolute Gasteiger partial charge is 0.468 e. The lowest BCUT2D eigenvalue weighted by Crippen LogP contribution is -2.14. The molecule has 0 fully saturated rings. The van der Waals surface area contributed by atoms with Gasteiger partial charge in [0.2, 0.25) is 0 Å². The number of thioether (sulfide) groups is 1. The molecule has 0 saturated carbocycles. The number of hydrogen-bond donors (Lipinski definition) is 1. The number of furan rings is 1. The Morgan fingerprint density at radius 1 is 1.28 bits per heavy atom. The van der Waals surface area contributed by atoms with Gasteiger partial charge in [-0.05, 0) is 37.5 Å². The van der Waals surface area contributed by atoms with E-state index >= 15 is 0 Å². The molecule has 0 aliphatic carbocycles. The Balaban J connectivity index is 1.70. The summed E-state index contributed by atoms with van der Waals surface area (Å²) in [6.07, 6.45) is 4.13. The Morgan fingerprint density at radius 3 is 3.00 bits per heavy atom. The minimum atomic E-state index is 0.605. The Kier molecular flexibility index (Phi) is 3.33. The summed E-state index contributed by atoms with van der Waals surface area (Å²) in [7, 11) is 0. The SMILES string of the molecule is Cc1occc1SC1CCc2ccccc2NC1. The maximum atomic E-state index is 5.36. The van der Waals surface area contributed by atoms with Crippen molar-refractivity contribution in [1.29, 1.82) is 0 Å². The van der Waals surface area contributed by atoms with Crippen LogP contribution in [0.15, 0.2) is 45.9 Å². The zero-order chi connectivity index (χ0) is 12.4. The Labute approximate surface area is 112 Å². The van der Waals surface area contributed by atoms with Gasteiger partial charge < -0.3 is 9.73 Å². The lowest BCUT2D eigenvalue weighted by Gasteiger charge is -2.13. The second-order valence-corrected chi connectivity index (χ2v) is 6.00. The number of nitrogens with one attached hydrogen (secondary N) is 1. The van der Waals surface area contributed by atoms with Crippen molar-refractivity contribution in [3.8, 4) is 0 Å². The highest BCUT2D eigenvalue weighted by molar-refractivity contribution is 8.00. The van der Waals surface area contributed by atoms with E-state index in [-0.39, 0.29) is 0 Å². The van der Waals surface area contributed by atoms with Crippen LogP contribution in [0.25, 0.3) is 0 Å². The van der Waals surface area contributed by atoms with E-state index in [1.54, 1.807) is 6.26 Å². The van der Waals surface area contributed by atoms with Crippen LogP contribution in [0.4, 0.5) is 5.69 Å². The van der Waals surface area contributed by atoms with Gasteiger partial charge in [-0.3, -0.25) is 0 Å². The van der Waals surface area contributed by atoms with Crippen molar-refractivity contribution in [2.24, 2.45) is 0 Å². The summed E-state index contributed by atoms with van der Waals surface area (Å²) in [5.41, 5.74) is 2.73. The average molecular weight is 259 g/mol. The number of hydrogen-bond acceptors (Lipinski definition) is 3. The van der Waals surface area contributed by atoms with Crippen LogP contribution in [0.2, 0.25) is 0 Å². The second kappa shape index (κ2) is 5.11. The van der Waals surface area contributed by atoms with Crippen molar-refractivity contribution >= 4 is 17.4 Å². The molecule has 3 rings (SSSR count). The molecule has 1 atom stereocenters. The van der Waals surface area contributed by atoms with Gasteiger partial charge in [-0.25, -0.2) is 0 Å². The first kappa shape index (κ1) is 11.7. The molecule has 18 heavy (non-hydrogen) atoms. The predicted octanol–water partition coefficient (Wildman–Crippen LogP) is 4.11. The molecule has 0 saturated heterocycles. The molecule has 1 aromatic carbocycles. The normalized spacial score (nSPS) is 18.8. The van der Waals surface area contributed by atoms with E-state index < -0.39 is 0 Å². The molecule has 1 aliphatic heterocycles. The quantitative estimate of drug-likeness (QED) is 0.878. The fraction of sp³-hybridized carbons (Fsp3) is 0.333. The predicted molar refractivity (Wildman–Crippen MR) is 76.3 cm³/mol. The molecular formula is C15H17NOS. The van der Waals surface area contributed by atoms with Gasteiger partial charge in [-0.1, -0.05) is 18.2 Å². The van der Waals surface area contributed by atoms with Crippen LogP contribution in [0.3, 0.4) is 0 Å². The lowest BCUT2D eigenvalue weighted by molar-refractivity contribution is 0.526. The lowest BCUT2D eigenvalue weighted by atomic mass is 10.1. The molecule has 0 radical (unpaired) electrons. The summed E-state index contributed by atoms with van der Waals surface area (Å²) < 4.78 is 5.36. The minimum Gasteiger partial charge on any atom is -0.468 e. The highest BCUT2D eigenvalue weighted by Crippen LogP contribution is 2.32. The van der Waals surface area contributed by atoms with Gasteiger partial charge in [-0.2, -0.15) is 0 Å². The van der Waals surface area contributed by atoms with E-state index in [0.717, 1.165) is 18.7 Å². The van der Waals surface area contributed by atoms with E-state index in [1.165, 1.54) is 22.6 Å². The van der Waals surface area contributed by atoms with Gasteiger partial charge in [0.1, 0.15) is 5.76 Å². The van der Waals surface area contributed by atoms with E-state index in [4.69, 9.17) is 4.42 Å². The second-order valence-electron chi connectivity index (χ2n) is 4.66. The zero-order valence-electron chi connectivity index (χ0n) is 10.5. The van der Waals surface area contributed by atoms with Crippen LogP contribution in [0.1, 0.15) is 17.7 Å². The number of fused-ring (bicyclic) bond motifs is 1. The third-order valence-electron chi connectivity index (χ3n) is 3.38. The molecule has 0 bridgehead atoms. The number of benzene rings is 1. The number of aryl methyl sites for hydroxylation is 2. The molecule has 1 unspecified atom stereocenters. The highest BCUT2D eigenvalue weighted by atomic mass is 32.2. The fourth-order valence-corrected chi connectivity index (χ4v) is 3.44. The van der Waals surface area contributed by atoms with Gasteiger partial charge in [0.05, 0.1) is 6.26 Å². The van der Waals surface area contributed by atoms with Crippen LogP contribution >= 0.6 is 11.8 Å². The monoisotopic (exact) mass is 259 g/mol. The molecule has 1 aliphatic rings. The van der Waals surface area contributed by atoms with E-state index in [1.807, 2.05) is 18.7 Å². The van der Waals surface area contributed by atoms with Crippen molar-refractivity contribution in [1.82, 2.24) is 0 Å².